The minimum absolute atomic E-state index is 0.0862. The lowest BCUT2D eigenvalue weighted by molar-refractivity contribution is -0.668. The third kappa shape index (κ3) is 1.59. The van der Waals surface area contributed by atoms with Gasteiger partial charge in [0.2, 0.25) is 0 Å². The number of aryl methyl sites for hydroxylation is 1. The molecule has 1 aromatic carbocycles. The molecule has 0 atom stereocenters. The summed E-state index contributed by atoms with van der Waals surface area (Å²) < 4.78 is 1.85. The van der Waals surface area contributed by atoms with E-state index in [1.165, 1.54) is 11.3 Å². The normalized spacial score (nSPS) is 10.1. The lowest BCUT2D eigenvalue weighted by Gasteiger charge is -1.93. The first kappa shape index (κ1) is 9.09. The molecule has 14 heavy (non-hydrogen) atoms. The molecule has 70 valence electrons. The van der Waals surface area contributed by atoms with Crippen molar-refractivity contribution in [1.29, 1.82) is 0 Å². The Labute approximate surface area is 86.4 Å². The summed E-state index contributed by atoms with van der Waals surface area (Å²) in [4.78, 5) is 11.9. The zero-order valence-corrected chi connectivity index (χ0v) is 8.62. The number of carbonyl (C=O) groups excluding carboxylic acids is 1. The molecule has 3 heteroatoms. The molecule has 0 aliphatic carbocycles. The average Bonchev–Trinajstić information content (AvgIpc) is 2.65. The molecule has 2 nitrogen and oxygen atoms in total. The van der Waals surface area contributed by atoms with E-state index in [-0.39, 0.29) is 5.78 Å². The largest absolute Gasteiger partial charge is 0.310 e. The lowest BCUT2D eigenvalue weighted by atomic mass is 10.1. The van der Waals surface area contributed by atoms with Crippen LogP contribution < -0.4 is 4.57 Å². The predicted molar refractivity (Wildman–Crippen MR) is 55.4 cm³/mol. The van der Waals surface area contributed by atoms with Crippen molar-refractivity contribution < 1.29 is 9.36 Å². The second-order valence-electron chi connectivity index (χ2n) is 3.01. The Kier molecular flexibility index (Phi) is 2.41. The second kappa shape index (κ2) is 3.72. The number of ketones is 1. The Hall–Kier alpha value is -1.48. The van der Waals surface area contributed by atoms with Gasteiger partial charge in [-0.25, -0.2) is 0 Å². The molecule has 0 fully saturated rings. The highest BCUT2D eigenvalue weighted by Gasteiger charge is 2.19. The van der Waals surface area contributed by atoms with Crippen LogP contribution in [-0.4, -0.2) is 5.78 Å². The molecule has 1 aromatic heterocycles. The first-order valence-electron chi connectivity index (χ1n) is 4.32. The van der Waals surface area contributed by atoms with Crippen molar-refractivity contribution in [2.24, 2.45) is 7.05 Å². The van der Waals surface area contributed by atoms with Crippen LogP contribution >= 0.6 is 11.3 Å². The van der Waals surface area contributed by atoms with E-state index in [0.717, 1.165) is 10.6 Å². The highest BCUT2D eigenvalue weighted by atomic mass is 32.1. The highest BCUT2D eigenvalue weighted by molar-refractivity contribution is 7.11. The third-order valence-electron chi connectivity index (χ3n) is 2.01. The first-order valence-corrected chi connectivity index (χ1v) is 5.20. The summed E-state index contributed by atoms with van der Waals surface area (Å²) in [6, 6.07) is 9.33. The Bertz CT molecular complexity index is 447. The van der Waals surface area contributed by atoms with Crippen molar-refractivity contribution >= 4 is 17.1 Å². The summed E-state index contributed by atoms with van der Waals surface area (Å²) in [5.41, 5.74) is 0.741. The van der Waals surface area contributed by atoms with Gasteiger partial charge in [0.05, 0.1) is 5.38 Å². The summed E-state index contributed by atoms with van der Waals surface area (Å²) in [6.45, 7) is 0. The maximum absolute atomic E-state index is 11.9. The number of aromatic nitrogens is 1. The van der Waals surface area contributed by atoms with Crippen LogP contribution in [0.1, 0.15) is 15.4 Å². The van der Waals surface area contributed by atoms with Crippen molar-refractivity contribution in [3.8, 4) is 0 Å². The second-order valence-corrected chi connectivity index (χ2v) is 3.91. The van der Waals surface area contributed by atoms with Crippen LogP contribution in [0.25, 0.3) is 0 Å². The first-order chi connectivity index (χ1) is 6.79. The Morgan fingerprint density at radius 2 is 2.00 bits per heavy atom. The number of carbonyl (C=O) groups is 1. The minimum Gasteiger partial charge on any atom is -0.281 e. The van der Waals surface area contributed by atoms with Gasteiger partial charge in [0.15, 0.2) is 6.20 Å². The van der Waals surface area contributed by atoms with E-state index in [9.17, 15) is 4.79 Å². The number of hydrogen-bond donors (Lipinski definition) is 0. The van der Waals surface area contributed by atoms with Crippen LogP contribution in [0.15, 0.2) is 41.9 Å². The van der Waals surface area contributed by atoms with Gasteiger partial charge in [0, 0.05) is 5.56 Å². The van der Waals surface area contributed by atoms with Gasteiger partial charge in [-0.3, -0.25) is 4.79 Å². The molecule has 0 unspecified atom stereocenters. The zero-order valence-electron chi connectivity index (χ0n) is 7.81. The summed E-state index contributed by atoms with van der Waals surface area (Å²) in [7, 11) is 1.88. The van der Waals surface area contributed by atoms with E-state index in [1.54, 1.807) is 0 Å². The number of benzene rings is 1. The summed E-state index contributed by atoms with van der Waals surface area (Å²) in [5.74, 6) is 0.0862. The molecule has 0 N–H and O–H groups in total. The molecule has 0 spiro atoms. The molecule has 0 saturated carbocycles. The van der Waals surface area contributed by atoms with Gasteiger partial charge in [0.1, 0.15) is 7.05 Å². The maximum atomic E-state index is 11.9. The van der Waals surface area contributed by atoms with Crippen LogP contribution in [0.4, 0.5) is 0 Å². The van der Waals surface area contributed by atoms with E-state index in [2.05, 4.69) is 0 Å². The number of nitrogens with zero attached hydrogens (tertiary/aromatic N) is 1. The average molecular weight is 204 g/mol. The van der Waals surface area contributed by atoms with Gasteiger partial charge < -0.3 is 0 Å². The molecule has 2 rings (SSSR count). The quantitative estimate of drug-likeness (QED) is 0.540. The molecule has 0 aliphatic rings. The van der Waals surface area contributed by atoms with Crippen LogP contribution in [-0.2, 0) is 7.05 Å². The summed E-state index contributed by atoms with van der Waals surface area (Å²) in [5, 5.41) is 2.67. The van der Waals surface area contributed by atoms with Gasteiger partial charge in [0.25, 0.3) is 5.78 Å². The molecule has 0 aliphatic heterocycles. The predicted octanol–water partition coefficient (Wildman–Crippen LogP) is 1.80. The molecule has 0 radical (unpaired) electrons. The molecular formula is C11H10NOS+. The fourth-order valence-electron chi connectivity index (χ4n) is 1.26. The molecule has 0 bridgehead atoms. The van der Waals surface area contributed by atoms with Crippen LogP contribution in [0.5, 0.6) is 0 Å². The fourth-order valence-corrected chi connectivity index (χ4v) is 2.09. The van der Waals surface area contributed by atoms with Gasteiger partial charge in [-0.15, -0.1) is 0 Å². The molecule has 2 aromatic rings. The number of thiazole rings is 1. The van der Waals surface area contributed by atoms with E-state index >= 15 is 0 Å². The summed E-state index contributed by atoms with van der Waals surface area (Å²) >= 11 is 1.47. The highest BCUT2D eigenvalue weighted by Crippen LogP contribution is 2.09. The monoisotopic (exact) mass is 204 g/mol. The minimum atomic E-state index is 0.0862. The van der Waals surface area contributed by atoms with E-state index in [4.69, 9.17) is 0 Å². The molecule has 0 amide bonds. The van der Waals surface area contributed by atoms with Crippen LogP contribution in [0.3, 0.4) is 0 Å². The molecule has 0 saturated heterocycles. The Balaban J connectivity index is 2.39. The van der Waals surface area contributed by atoms with Crippen molar-refractivity contribution in [3.05, 3.63) is 52.5 Å². The van der Waals surface area contributed by atoms with Crippen LogP contribution in [0.2, 0.25) is 0 Å². The summed E-state index contributed by atoms with van der Waals surface area (Å²) in [6.07, 6.45) is 1.89. The number of hydrogen-bond acceptors (Lipinski definition) is 2. The van der Waals surface area contributed by atoms with Crippen molar-refractivity contribution in [2.45, 2.75) is 0 Å². The Morgan fingerprint density at radius 3 is 2.57 bits per heavy atom. The third-order valence-corrected chi connectivity index (χ3v) is 2.97. The van der Waals surface area contributed by atoms with Gasteiger partial charge in [-0.2, -0.15) is 4.57 Å². The maximum Gasteiger partial charge on any atom is 0.310 e. The van der Waals surface area contributed by atoms with Gasteiger partial charge >= 0.3 is 5.01 Å². The molecule has 1 heterocycles. The molecular weight excluding hydrogens is 194 g/mol. The Morgan fingerprint density at radius 1 is 1.29 bits per heavy atom. The number of rotatable bonds is 2. The topological polar surface area (TPSA) is 20.9 Å². The van der Waals surface area contributed by atoms with E-state index in [0.29, 0.717) is 0 Å². The van der Waals surface area contributed by atoms with Crippen LogP contribution in [0, 0.1) is 0 Å². The van der Waals surface area contributed by atoms with Crippen molar-refractivity contribution in [3.63, 3.8) is 0 Å². The van der Waals surface area contributed by atoms with Gasteiger partial charge in [-0.05, 0) is 0 Å². The van der Waals surface area contributed by atoms with Crippen molar-refractivity contribution in [1.82, 2.24) is 0 Å². The van der Waals surface area contributed by atoms with E-state index < -0.39 is 0 Å². The lowest BCUT2D eigenvalue weighted by Crippen LogP contribution is -2.32. The fraction of sp³-hybridized carbons (Fsp3) is 0.0909. The standard InChI is InChI=1S/C11H10NOS/c1-12-7-8-14-11(12)10(13)9-5-3-2-4-6-9/h2-8H,1H3/q+1. The van der Waals surface area contributed by atoms with Gasteiger partial charge in [-0.1, -0.05) is 41.7 Å². The van der Waals surface area contributed by atoms with Crippen molar-refractivity contribution in [2.75, 3.05) is 0 Å². The van der Waals surface area contributed by atoms with E-state index in [1.807, 2.05) is 53.5 Å². The zero-order chi connectivity index (χ0) is 9.97. The smallest absolute Gasteiger partial charge is 0.281 e. The SMILES string of the molecule is C[n+]1ccsc1C(=O)c1ccccc1.